The molecule has 0 aliphatic heterocycles. The standard InChI is InChI=1S/2C21H11N2S.Zn/c2*1-2-5-15-13(4-1)14-9-7-12-8-10-16-19(18(12)20(14)23-15)21-17(24-16)6-3-11-22-21;/h2*1-11H;/q2*-1;+2. The fourth-order valence-corrected chi connectivity index (χ4v) is 9.61. The van der Waals surface area contributed by atoms with Gasteiger partial charge in [0.05, 0.1) is 20.4 Å². The Morgan fingerprint density at radius 3 is 1.33 bits per heavy atom. The summed E-state index contributed by atoms with van der Waals surface area (Å²) in [6.45, 7) is 0. The molecule has 0 radical (unpaired) electrons. The van der Waals surface area contributed by atoms with Crippen molar-refractivity contribution in [3.63, 3.8) is 0 Å². The minimum atomic E-state index is 0. The minimum Gasteiger partial charge on any atom is -0.656 e. The maximum Gasteiger partial charge on any atom is 2.00 e. The van der Waals surface area contributed by atoms with Gasteiger partial charge in [0.15, 0.2) is 0 Å². The smallest absolute Gasteiger partial charge is 0.656 e. The molecule has 0 saturated heterocycles. The van der Waals surface area contributed by atoms with Crippen LogP contribution in [0.4, 0.5) is 0 Å². The van der Waals surface area contributed by atoms with Crippen LogP contribution in [0.3, 0.4) is 0 Å². The van der Waals surface area contributed by atoms with Gasteiger partial charge >= 0.3 is 19.5 Å². The summed E-state index contributed by atoms with van der Waals surface area (Å²) in [5.74, 6) is 0. The molecule has 0 amide bonds. The van der Waals surface area contributed by atoms with Gasteiger partial charge in [0.1, 0.15) is 0 Å². The van der Waals surface area contributed by atoms with Crippen LogP contribution in [0.5, 0.6) is 0 Å². The first kappa shape index (κ1) is 28.8. The Hall–Kier alpha value is -5.20. The zero-order valence-corrected chi connectivity index (χ0v) is 30.6. The third-order valence-electron chi connectivity index (χ3n) is 9.55. The van der Waals surface area contributed by atoms with Gasteiger partial charge in [0, 0.05) is 32.6 Å². The van der Waals surface area contributed by atoms with Crippen LogP contribution in [0.2, 0.25) is 0 Å². The summed E-state index contributed by atoms with van der Waals surface area (Å²) in [5.41, 5.74) is 6.47. The number of benzene rings is 6. The van der Waals surface area contributed by atoms with Crippen molar-refractivity contribution in [3.05, 3.63) is 134 Å². The molecule has 0 N–H and O–H groups in total. The molecule has 6 heterocycles. The number of hydrogen-bond donors (Lipinski definition) is 0. The van der Waals surface area contributed by atoms with Gasteiger partial charge in [0.2, 0.25) is 0 Å². The molecule has 12 aromatic rings. The molecule has 4 nitrogen and oxygen atoms in total. The van der Waals surface area contributed by atoms with Crippen molar-refractivity contribution in [2.75, 3.05) is 0 Å². The Kier molecular flexibility index (Phi) is 6.41. The molecular weight excluding hydrogens is 690 g/mol. The first-order valence-corrected chi connectivity index (χ1v) is 17.5. The van der Waals surface area contributed by atoms with Crippen molar-refractivity contribution >= 4 is 128 Å². The zero-order valence-electron chi connectivity index (χ0n) is 26.0. The molecule has 7 heteroatoms. The van der Waals surface area contributed by atoms with Crippen LogP contribution in [0.15, 0.2) is 134 Å². The van der Waals surface area contributed by atoms with Crippen LogP contribution >= 0.6 is 22.7 Å². The maximum absolute atomic E-state index is 4.96. The summed E-state index contributed by atoms with van der Waals surface area (Å²) in [6, 6.07) is 42.7. The van der Waals surface area contributed by atoms with Crippen LogP contribution < -0.4 is 9.97 Å². The van der Waals surface area contributed by atoms with E-state index in [-0.39, 0.29) is 19.5 Å². The molecule has 0 spiro atoms. The van der Waals surface area contributed by atoms with Gasteiger partial charge in [-0.1, -0.05) is 84.9 Å². The SMILES string of the molecule is [Zn+2].c1ccc2c(c1)[n-]c1c2ccc2ccc3sc4cccnc4c3c21.c1ccc2c(c1)[n-]c1c2ccc2ccc3sc4cccnc4c3c21. The van der Waals surface area contributed by atoms with Crippen molar-refractivity contribution in [2.45, 2.75) is 0 Å². The van der Waals surface area contributed by atoms with Crippen molar-refractivity contribution in [2.24, 2.45) is 0 Å². The van der Waals surface area contributed by atoms with E-state index in [4.69, 9.17) is 9.97 Å². The molecule has 0 fully saturated rings. The average molecular weight is 712 g/mol. The summed E-state index contributed by atoms with van der Waals surface area (Å²) in [4.78, 5) is 19.2. The molecule has 0 aliphatic carbocycles. The fourth-order valence-electron chi connectivity index (χ4n) is 7.46. The monoisotopic (exact) mass is 710 g/mol. The Morgan fingerprint density at radius 2 is 0.837 bits per heavy atom. The van der Waals surface area contributed by atoms with Crippen LogP contribution in [0, 0.1) is 0 Å². The topological polar surface area (TPSA) is 54.0 Å². The fraction of sp³-hybridized carbons (Fsp3) is 0. The maximum atomic E-state index is 4.96. The summed E-state index contributed by atoms with van der Waals surface area (Å²) in [7, 11) is 0. The largest absolute Gasteiger partial charge is 2.00 e. The zero-order chi connectivity index (χ0) is 31.3. The van der Waals surface area contributed by atoms with Gasteiger partial charge in [-0.05, 0) is 79.5 Å². The molecular formula is C42H22N4S2Zn. The molecule has 0 unspecified atom stereocenters. The van der Waals surface area contributed by atoms with Crippen molar-refractivity contribution in [3.8, 4) is 0 Å². The molecule has 0 atom stereocenters. The van der Waals surface area contributed by atoms with E-state index in [2.05, 4.69) is 107 Å². The summed E-state index contributed by atoms with van der Waals surface area (Å²) < 4.78 is 5.01. The van der Waals surface area contributed by atoms with E-state index < -0.39 is 0 Å². The van der Waals surface area contributed by atoms with E-state index in [1.807, 2.05) is 36.7 Å². The van der Waals surface area contributed by atoms with Gasteiger partial charge in [-0.3, -0.25) is 9.97 Å². The van der Waals surface area contributed by atoms with Crippen molar-refractivity contribution in [1.82, 2.24) is 19.9 Å². The van der Waals surface area contributed by atoms with Gasteiger partial charge < -0.3 is 9.97 Å². The molecule has 12 rings (SSSR count). The third-order valence-corrected chi connectivity index (χ3v) is 11.8. The Labute approximate surface area is 299 Å². The number of rotatable bonds is 0. The van der Waals surface area contributed by atoms with E-state index in [0.717, 1.165) is 33.1 Å². The molecule has 6 aromatic carbocycles. The quantitative estimate of drug-likeness (QED) is 0.147. The van der Waals surface area contributed by atoms with Crippen LogP contribution in [-0.4, -0.2) is 9.97 Å². The third kappa shape index (κ3) is 4.17. The molecule has 0 aliphatic rings. The number of thiophene rings is 2. The Bertz CT molecular complexity index is 3040. The summed E-state index contributed by atoms with van der Waals surface area (Å²) in [5, 5.41) is 12.3. The number of aromatic nitrogens is 4. The van der Waals surface area contributed by atoms with Gasteiger partial charge in [-0.2, -0.15) is 0 Å². The molecule has 49 heavy (non-hydrogen) atoms. The van der Waals surface area contributed by atoms with Gasteiger partial charge in [-0.25, -0.2) is 0 Å². The Morgan fingerprint density at radius 1 is 0.388 bits per heavy atom. The second kappa shape index (κ2) is 10.9. The predicted octanol–water partition coefficient (Wildman–Crippen LogP) is 11.7. The van der Waals surface area contributed by atoms with E-state index >= 15 is 0 Å². The van der Waals surface area contributed by atoms with E-state index in [1.165, 1.54) is 72.7 Å². The normalized spacial score (nSPS) is 11.9. The van der Waals surface area contributed by atoms with Crippen LogP contribution in [-0.2, 0) is 19.5 Å². The molecule has 0 bridgehead atoms. The second-order valence-corrected chi connectivity index (χ2v) is 14.3. The first-order chi connectivity index (χ1) is 23.8. The predicted molar refractivity (Wildman–Crippen MR) is 206 cm³/mol. The average Bonchev–Trinajstić information content (AvgIpc) is 3.91. The van der Waals surface area contributed by atoms with Gasteiger partial charge in [-0.15, -0.1) is 44.7 Å². The van der Waals surface area contributed by atoms with Gasteiger partial charge in [0.25, 0.3) is 0 Å². The number of para-hydroxylation sites is 2. The van der Waals surface area contributed by atoms with E-state index in [1.54, 1.807) is 22.7 Å². The first-order valence-electron chi connectivity index (χ1n) is 15.9. The summed E-state index contributed by atoms with van der Waals surface area (Å²) >= 11 is 3.60. The van der Waals surface area contributed by atoms with Crippen molar-refractivity contribution in [1.29, 1.82) is 0 Å². The van der Waals surface area contributed by atoms with Crippen LogP contribution in [0.1, 0.15) is 0 Å². The number of fused-ring (bicyclic) bond motifs is 18. The number of pyridine rings is 2. The molecule has 0 saturated carbocycles. The van der Waals surface area contributed by atoms with Crippen molar-refractivity contribution < 1.29 is 19.5 Å². The van der Waals surface area contributed by atoms with Crippen LogP contribution in [0.25, 0.3) is 106 Å². The van der Waals surface area contributed by atoms with E-state index in [9.17, 15) is 0 Å². The number of hydrogen-bond acceptors (Lipinski definition) is 4. The number of nitrogens with zero attached hydrogens (tertiary/aromatic N) is 4. The molecule has 6 aromatic heterocycles. The second-order valence-electron chi connectivity index (χ2n) is 12.2. The Balaban J connectivity index is 0.000000122. The summed E-state index contributed by atoms with van der Waals surface area (Å²) in [6.07, 6.45) is 3.75. The van der Waals surface area contributed by atoms with E-state index in [0.29, 0.717) is 0 Å². The molecule has 224 valence electrons. The minimum absolute atomic E-state index is 0.